The molecule has 4 N–H and O–H groups in total. The van der Waals surface area contributed by atoms with Gasteiger partial charge in [0.15, 0.2) is 0 Å². The number of piperidine rings is 1. The fourth-order valence-corrected chi connectivity index (χ4v) is 2.91. The van der Waals surface area contributed by atoms with Crippen LogP contribution in [0.15, 0.2) is 0 Å². The van der Waals surface area contributed by atoms with E-state index in [2.05, 4.69) is 12.2 Å². The number of nitrogens with one attached hydrogen (secondary N) is 1. The van der Waals surface area contributed by atoms with Gasteiger partial charge < -0.3 is 16.2 Å². The number of rotatable bonds is 2. The molecule has 3 nitrogen and oxygen atoms in total. The molecule has 0 bridgehead atoms. The average molecular weight is 198 g/mol. The molecule has 0 aromatic rings. The van der Waals surface area contributed by atoms with E-state index in [4.69, 9.17) is 5.73 Å². The second-order valence-electron chi connectivity index (χ2n) is 5.08. The zero-order valence-corrected chi connectivity index (χ0v) is 9.00. The minimum absolute atomic E-state index is 0.226. The highest BCUT2D eigenvalue weighted by molar-refractivity contribution is 5.05. The number of nitrogens with two attached hydrogens (primary N) is 1. The summed E-state index contributed by atoms with van der Waals surface area (Å²) in [5.41, 5.74) is 5.25. The van der Waals surface area contributed by atoms with Crippen LogP contribution in [0.5, 0.6) is 0 Å². The van der Waals surface area contributed by atoms with Crippen molar-refractivity contribution in [2.24, 2.45) is 11.7 Å². The first kappa shape index (κ1) is 10.4. The molecular weight excluding hydrogens is 176 g/mol. The minimum atomic E-state index is -0.493. The Morgan fingerprint density at radius 1 is 1.50 bits per heavy atom. The van der Waals surface area contributed by atoms with E-state index in [1.165, 1.54) is 12.8 Å². The minimum Gasteiger partial charge on any atom is -0.388 e. The SMILES string of the molecule is CCC1CCNC(C2(O)CC(N)C2)C1. The van der Waals surface area contributed by atoms with E-state index in [-0.39, 0.29) is 6.04 Å². The summed E-state index contributed by atoms with van der Waals surface area (Å²) in [6, 6.07) is 0.518. The Hall–Kier alpha value is -0.120. The Morgan fingerprint density at radius 2 is 2.21 bits per heavy atom. The quantitative estimate of drug-likeness (QED) is 0.609. The van der Waals surface area contributed by atoms with Crippen LogP contribution in [-0.2, 0) is 0 Å². The molecule has 0 spiro atoms. The molecule has 0 amide bonds. The van der Waals surface area contributed by atoms with Crippen LogP contribution in [0.3, 0.4) is 0 Å². The Bertz CT molecular complexity index is 201. The van der Waals surface area contributed by atoms with Crippen molar-refractivity contribution in [1.29, 1.82) is 0 Å². The molecule has 2 rings (SSSR count). The smallest absolute Gasteiger partial charge is 0.0829 e. The van der Waals surface area contributed by atoms with Gasteiger partial charge in [-0.1, -0.05) is 13.3 Å². The summed E-state index contributed by atoms with van der Waals surface area (Å²) in [5.74, 6) is 0.794. The summed E-state index contributed by atoms with van der Waals surface area (Å²) in [6.07, 6.45) is 5.18. The van der Waals surface area contributed by atoms with Gasteiger partial charge >= 0.3 is 0 Å². The van der Waals surface area contributed by atoms with Crippen molar-refractivity contribution < 1.29 is 5.11 Å². The highest BCUT2D eigenvalue weighted by Crippen LogP contribution is 2.38. The fraction of sp³-hybridized carbons (Fsp3) is 1.00. The molecule has 1 aliphatic carbocycles. The van der Waals surface area contributed by atoms with Gasteiger partial charge in [0.05, 0.1) is 5.60 Å². The Morgan fingerprint density at radius 3 is 2.79 bits per heavy atom. The van der Waals surface area contributed by atoms with Gasteiger partial charge in [-0.05, 0) is 38.1 Å². The molecule has 14 heavy (non-hydrogen) atoms. The van der Waals surface area contributed by atoms with E-state index < -0.39 is 5.60 Å². The van der Waals surface area contributed by atoms with Gasteiger partial charge in [0.2, 0.25) is 0 Å². The summed E-state index contributed by atoms with van der Waals surface area (Å²) in [5, 5.41) is 13.7. The maximum atomic E-state index is 10.3. The van der Waals surface area contributed by atoms with Crippen LogP contribution in [0.4, 0.5) is 0 Å². The van der Waals surface area contributed by atoms with Crippen LogP contribution in [-0.4, -0.2) is 29.3 Å². The van der Waals surface area contributed by atoms with Crippen LogP contribution in [0.2, 0.25) is 0 Å². The van der Waals surface area contributed by atoms with Crippen molar-refractivity contribution in [1.82, 2.24) is 5.32 Å². The third-order valence-electron chi connectivity index (χ3n) is 3.97. The normalized spacial score (nSPS) is 48.6. The first-order valence-corrected chi connectivity index (χ1v) is 5.85. The molecule has 2 atom stereocenters. The third-order valence-corrected chi connectivity index (χ3v) is 3.97. The highest BCUT2D eigenvalue weighted by Gasteiger charge is 2.47. The highest BCUT2D eigenvalue weighted by atomic mass is 16.3. The van der Waals surface area contributed by atoms with Crippen LogP contribution in [0.1, 0.15) is 39.0 Å². The Balaban J connectivity index is 1.91. The van der Waals surface area contributed by atoms with Crippen molar-refractivity contribution in [3.05, 3.63) is 0 Å². The summed E-state index contributed by atoms with van der Waals surface area (Å²) in [7, 11) is 0. The Kier molecular flexibility index (Phi) is 2.82. The molecule has 1 aliphatic heterocycles. The Labute approximate surface area is 86.1 Å². The van der Waals surface area contributed by atoms with Crippen molar-refractivity contribution in [2.45, 2.75) is 56.7 Å². The van der Waals surface area contributed by atoms with Gasteiger partial charge in [0.25, 0.3) is 0 Å². The molecule has 2 aliphatic rings. The molecule has 3 heteroatoms. The second kappa shape index (κ2) is 3.80. The predicted octanol–water partition coefficient (Wildman–Crippen LogP) is 0.617. The third kappa shape index (κ3) is 1.81. The van der Waals surface area contributed by atoms with Gasteiger partial charge in [-0.3, -0.25) is 0 Å². The summed E-state index contributed by atoms with van der Waals surface area (Å²) in [6.45, 7) is 3.30. The van der Waals surface area contributed by atoms with E-state index in [1.54, 1.807) is 0 Å². The van der Waals surface area contributed by atoms with E-state index in [0.29, 0.717) is 6.04 Å². The molecule has 1 heterocycles. The molecule has 2 fully saturated rings. The lowest BCUT2D eigenvalue weighted by atomic mass is 9.68. The maximum Gasteiger partial charge on any atom is 0.0829 e. The lowest BCUT2D eigenvalue weighted by Gasteiger charge is -2.49. The van der Waals surface area contributed by atoms with E-state index >= 15 is 0 Å². The molecule has 2 unspecified atom stereocenters. The average Bonchev–Trinajstić information content (AvgIpc) is 2.16. The van der Waals surface area contributed by atoms with Crippen molar-refractivity contribution >= 4 is 0 Å². The summed E-state index contributed by atoms with van der Waals surface area (Å²) in [4.78, 5) is 0. The van der Waals surface area contributed by atoms with E-state index in [1.807, 2.05) is 0 Å². The van der Waals surface area contributed by atoms with Gasteiger partial charge in [-0.25, -0.2) is 0 Å². The monoisotopic (exact) mass is 198 g/mol. The topological polar surface area (TPSA) is 58.3 Å². The lowest BCUT2D eigenvalue weighted by molar-refractivity contribution is -0.0869. The van der Waals surface area contributed by atoms with Crippen LogP contribution in [0, 0.1) is 5.92 Å². The number of hydrogen-bond donors (Lipinski definition) is 3. The zero-order valence-electron chi connectivity index (χ0n) is 9.00. The van der Waals surface area contributed by atoms with Crippen LogP contribution < -0.4 is 11.1 Å². The van der Waals surface area contributed by atoms with Crippen LogP contribution in [0.25, 0.3) is 0 Å². The zero-order chi connectivity index (χ0) is 10.2. The largest absolute Gasteiger partial charge is 0.388 e. The first-order chi connectivity index (χ1) is 6.64. The summed E-state index contributed by atoms with van der Waals surface area (Å²) >= 11 is 0. The molecule has 0 radical (unpaired) electrons. The van der Waals surface area contributed by atoms with E-state index in [9.17, 15) is 5.11 Å². The second-order valence-corrected chi connectivity index (χ2v) is 5.08. The van der Waals surface area contributed by atoms with Gasteiger partial charge in [-0.15, -0.1) is 0 Å². The van der Waals surface area contributed by atoms with Crippen molar-refractivity contribution in [2.75, 3.05) is 6.54 Å². The molecule has 1 saturated heterocycles. The lowest BCUT2D eigenvalue weighted by Crippen LogP contribution is -2.64. The summed E-state index contributed by atoms with van der Waals surface area (Å²) < 4.78 is 0. The van der Waals surface area contributed by atoms with Gasteiger partial charge in [0.1, 0.15) is 0 Å². The number of aliphatic hydroxyl groups is 1. The standard InChI is InChI=1S/C11H22N2O/c1-2-8-3-4-13-10(5-8)11(14)6-9(12)7-11/h8-10,13-14H,2-7,12H2,1H3. The fourth-order valence-electron chi connectivity index (χ4n) is 2.91. The molecule has 1 saturated carbocycles. The van der Waals surface area contributed by atoms with Crippen LogP contribution >= 0.6 is 0 Å². The molecular formula is C11H22N2O. The maximum absolute atomic E-state index is 10.3. The molecule has 0 aromatic heterocycles. The van der Waals surface area contributed by atoms with Gasteiger partial charge in [0, 0.05) is 12.1 Å². The predicted molar refractivity (Wildman–Crippen MR) is 57.0 cm³/mol. The van der Waals surface area contributed by atoms with Gasteiger partial charge in [-0.2, -0.15) is 0 Å². The van der Waals surface area contributed by atoms with E-state index in [0.717, 1.165) is 31.7 Å². The first-order valence-electron chi connectivity index (χ1n) is 5.85. The molecule has 82 valence electrons. The van der Waals surface area contributed by atoms with Crippen molar-refractivity contribution in [3.8, 4) is 0 Å². The number of hydrogen-bond acceptors (Lipinski definition) is 3. The van der Waals surface area contributed by atoms with Crippen molar-refractivity contribution in [3.63, 3.8) is 0 Å². The molecule has 0 aromatic carbocycles.